The van der Waals surface area contributed by atoms with Crippen molar-refractivity contribution in [2.45, 2.75) is 278 Å². The van der Waals surface area contributed by atoms with Crippen LogP contribution in [-0.4, -0.2) is 332 Å². The van der Waals surface area contributed by atoms with Crippen molar-refractivity contribution in [3.8, 4) is 0 Å². The SMILES string of the molecule is C1CNCCNCCN1.CC(C)(C)CN1CCN(CC(=O)OC(C)(C)C)CCN([C@H](CCC(=O)O)C(C)(C)C)CC1.CCC[C@@H](N1CCN(CC(=O)OC(C)(C)C)CCN(CC(C)(C)C)CC1)C(C)(C)C.CCC[C@@H](N1CCNCCNCC1)C(C)(C)C.CCC[C@H](C(=O)OC(C)(C)C)S(C)(=O)=O.O=C=O.O=C=O.O=C=O.O=C=O.O=C=O. The smallest absolute Gasteiger partial charge is 0.373 e. The van der Waals surface area contributed by atoms with Crippen molar-refractivity contribution in [1.82, 2.24) is 60.9 Å². The number of carbonyl (C=O) groups excluding carboxylic acids is 13. The Hall–Kier alpha value is -5.75. The van der Waals surface area contributed by atoms with Gasteiger partial charge in [-0.05, 0) is 115 Å². The van der Waals surface area contributed by atoms with E-state index in [-0.39, 0.29) is 83.4 Å². The number of carboxylic acid groups (broad SMARTS) is 1. The van der Waals surface area contributed by atoms with Gasteiger partial charge >= 0.3 is 54.6 Å². The van der Waals surface area contributed by atoms with Gasteiger partial charge in [0, 0.05) is 201 Å². The molecule has 32 nitrogen and oxygen atoms in total. The van der Waals surface area contributed by atoms with E-state index in [0.717, 1.165) is 163 Å². The molecule has 118 heavy (non-hydrogen) atoms. The Balaban J connectivity index is -0.000000332. The molecule has 0 radical (unpaired) electrons. The van der Waals surface area contributed by atoms with Crippen LogP contribution in [0.1, 0.15) is 238 Å². The summed E-state index contributed by atoms with van der Waals surface area (Å²) in [6.07, 6.45) is 9.07. The summed E-state index contributed by atoms with van der Waals surface area (Å²) in [5.41, 5.74) is -0.529. The van der Waals surface area contributed by atoms with Crippen LogP contribution in [0.2, 0.25) is 0 Å². The van der Waals surface area contributed by atoms with Crippen molar-refractivity contribution in [2.75, 3.05) is 190 Å². The summed E-state index contributed by atoms with van der Waals surface area (Å²) in [5, 5.41) is 25.2. The van der Waals surface area contributed by atoms with E-state index in [1.807, 2.05) is 48.5 Å². The monoisotopic (exact) mass is 1710 g/mol. The molecule has 0 amide bonds. The van der Waals surface area contributed by atoms with Crippen molar-refractivity contribution in [1.29, 1.82) is 0 Å². The first kappa shape index (κ1) is 123. The number of nitrogens with one attached hydrogen (secondary N) is 5. The van der Waals surface area contributed by atoms with Gasteiger partial charge < -0.3 is 55.7 Å². The molecule has 4 heterocycles. The highest BCUT2D eigenvalue weighted by molar-refractivity contribution is 7.92. The van der Waals surface area contributed by atoms with Crippen LogP contribution in [0.3, 0.4) is 0 Å². The molecule has 4 fully saturated rings. The summed E-state index contributed by atoms with van der Waals surface area (Å²) in [7, 11) is -3.37. The Labute approximate surface area is 712 Å². The standard InChI is InChI=1S/C25H49N3O4.C25H51N3O2.C14H31N3.C10H20O4S.C6H15N3.5CO2/c1-23(2,3)19-27-13-12-26(18-22(31)32-25(7,8)9)14-16-28(17-15-27)20(24(4,5)6)10-11-21(29)30;1-11-12-21(24(5,6)7)28-17-15-26(19-22(29)30-25(8,9)10)13-14-27(16-18-28)20-23(2,3)4;1-5-6-13(14(2,3)4)17-11-9-15-7-8-16-10-12-17;1-6-7-8(15(5,12)13)9(11)14-10(2,3)4;1-2-8-5-6-9-4-3-7-1;5*2-1-3/h20H,10-19H2,1-9H3,(H,29,30);21H,11-20H2,1-10H3;13,15-16H,5-12H2,1-4H3;8H,6-7H2,1-5H3;7-9H,1-6H2;;;;;/t20-;21-;13-;8-;;;;;;/m1111....../s1. The molecule has 0 aromatic rings. The largest absolute Gasteiger partial charge is 0.481 e. The normalized spacial score (nSPS) is 17.8. The maximum atomic E-state index is 12.5. The molecule has 0 aromatic heterocycles. The molecule has 0 unspecified atom stereocenters. The van der Waals surface area contributed by atoms with Crippen LogP contribution in [0.25, 0.3) is 0 Å². The Morgan fingerprint density at radius 2 is 0.576 bits per heavy atom. The number of nitrogens with zero attached hydrogens (tertiary/aromatic N) is 7. The fourth-order valence-electron chi connectivity index (χ4n) is 13.7. The predicted octanol–water partition coefficient (Wildman–Crippen LogP) is 7.17. The topological polar surface area (TPSA) is 404 Å². The molecule has 0 aromatic carbocycles. The Kier molecular flexibility index (Phi) is 69.7. The minimum atomic E-state index is -3.37. The Morgan fingerprint density at radius 3 is 0.805 bits per heavy atom. The maximum absolute atomic E-state index is 12.5. The van der Waals surface area contributed by atoms with Crippen molar-refractivity contribution in [3.05, 3.63) is 0 Å². The van der Waals surface area contributed by atoms with Gasteiger partial charge in [-0.1, -0.05) is 144 Å². The van der Waals surface area contributed by atoms with Gasteiger partial charge in [-0.25, -0.2) is 8.42 Å². The number of hydrogen-bond donors (Lipinski definition) is 6. The third-order valence-corrected chi connectivity index (χ3v) is 19.6. The average Bonchev–Trinajstić information content (AvgIpc) is 1.31. The van der Waals surface area contributed by atoms with Crippen LogP contribution in [0.15, 0.2) is 0 Å². The fourth-order valence-corrected chi connectivity index (χ4v) is 14.7. The number of carboxylic acids is 1. The molecule has 0 bridgehead atoms. The van der Waals surface area contributed by atoms with Crippen molar-refractivity contribution >= 4 is 64.5 Å². The second kappa shape index (κ2) is 66.8. The van der Waals surface area contributed by atoms with Gasteiger partial charge in [-0.3, -0.25) is 43.7 Å². The van der Waals surface area contributed by atoms with Gasteiger partial charge in [0.1, 0.15) is 16.8 Å². The minimum absolute atomic E-state index is 0.0334. The molecular weight excluding hydrogens is 1540 g/mol. The van der Waals surface area contributed by atoms with E-state index in [4.69, 9.17) is 62.2 Å². The molecule has 4 aliphatic heterocycles. The van der Waals surface area contributed by atoms with Crippen molar-refractivity contribution in [2.24, 2.45) is 27.1 Å². The van der Waals surface area contributed by atoms with E-state index in [9.17, 15) is 32.7 Å². The molecule has 4 saturated heterocycles. The highest BCUT2D eigenvalue weighted by Gasteiger charge is 2.36. The van der Waals surface area contributed by atoms with Crippen LogP contribution in [0.4, 0.5) is 0 Å². The molecule has 6 N–H and O–H groups in total. The van der Waals surface area contributed by atoms with Gasteiger partial charge in [0.15, 0.2) is 15.1 Å². The lowest BCUT2D eigenvalue weighted by Gasteiger charge is -2.41. The molecule has 692 valence electrons. The van der Waals surface area contributed by atoms with Gasteiger partial charge in [0.2, 0.25) is 0 Å². The number of aliphatic carboxylic acids is 1. The van der Waals surface area contributed by atoms with Crippen LogP contribution in [-0.2, 0) is 91.2 Å². The summed E-state index contributed by atoms with van der Waals surface area (Å²) in [6, 6.07) is 1.42. The van der Waals surface area contributed by atoms with Crippen molar-refractivity contribution in [3.63, 3.8) is 0 Å². The minimum Gasteiger partial charge on any atom is -0.481 e. The third kappa shape index (κ3) is 76.4. The predicted molar refractivity (Wildman–Crippen MR) is 456 cm³/mol. The van der Waals surface area contributed by atoms with E-state index in [1.165, 1.54) is 38.8 Å². The fraction of sp³-hybridized carbons (Fsp3) is 0.894. The van der Waals surface area contributed by atoms with E-state index < -0.39 is 43.8 Å². The molecule has 0 aliphatic carbocycles. The van der Waals surface area contributed by atoms with Gasteiger partial charge in [-0.2, -0.15) is 47.9 Å². The second-order valence-electron chi connectivity index (χ2n) is 38.5. The van der Waals surface area contributed by atoms with Gasteiger partial charge in [0.25, 0.3) is 0 Å². The zero-order valence-corrected chi connectivity index (χ0v) is 79.3. The Morgan fingerprint density at radius 1 is 0.347 bits per heavy atom. The highest BCUT2D eigenvalue weighted by Crippen LogP contribution is 2.32. The number of hydrogen-bond acceptors (Lipinski definition) is 31. The maximum Gasteiger partial charge on any atom is 0.373 e. The van der Waals surface area contributed by atoms with Crippen LogP contribution >= 0.6 is 0 Å². The quantitative estimate of drug-likeness (QED) is 0.0519. The average molecular weight is 1710 g/mol. The lowest BCUT2D eigenvalue weighted by molar-refractivity contribution is -0.193. The van der Waals surface area contributed by atoms with E-state index in [0.29, 0.717) is 43.3 Å². The van der Waals surface area contributed by atoms with E-state index in [1.54, 1.807) is 20.8 Å². The van der Waals surface area contributed by atoms with Crippen LogP contribution in [0, 0.1) is 27.1 Å². The highest BCUT2D eigenvalue weighted by atomic mass is 32.2. The summed E-state index contributed by atoms with van der Waals surface area (Å²) < 4.78 is 38.9. The molecule has 4 atom stereocenters. The molecule has 4 rings (SSSR count). The Bertz CT molecular complexity index is 2810. The van der Waals surface area contributed by atoms with Gasteiger partial charge in [-0.15, -0.1) is 0 Å². The lowest BCUT2D eigenvalue weighted by atomic mass is 9.82. The number of rotatable bonds is 20. The third-order valence-electron chi connectivity index (χ3n) is 18.1. The molecule has 0 saturated carbocycles. The number of carbonyl (C=O) groups is 4. The summed E-state index contributed by atoms with van der Waals surface area (Å²) in [4.78, 5) is 147. The second-order valence-corrected chi connectivity index (χ2v) is 40.7. The lowest BCUT2D eigenvalue weighted by Crippen LogP contribution is -2.49. The zero-order valence-electron chi connectivity index (χ0n) is 78.5. The zero-order chi connectivity index (χ0) is 92.8. The van der Waals surface area contributed by atoms with Crippen LogP contribution < -0.4 is 26.6 Å². The number of ether oxygens (including phenoxy) is 3. The number of esters is 3. The van der Waals surface area contributed by atoms with E-state index in [2.05, 4.69) is 179 Å². The first-order valence-corrected chi connectivity index (χ1v) is 43.9. The van der Waals surface area contributed by atoms with Gasteiger partial charge in [0.05, 0.1) is 13.1 Å². The van der Waals surface area contributed by atoms with Crippen LogP contribution in [0.5, 0.6) is 0 Å². The first-order valence-electron chi connectivity index (χ1n) is 42.0. The number of sulfone groups is 1. The van der Waals surface area contributed by atoms with Crippen molar-refractivity contribution < 1.29 is 94.9 Å². The molecule has 33 heteroatoms. The summed E-state index contributed by atoms with van der Waals surface area (Å²) >= 11 is 0. The molecule has 4 aliphatic rings. The molecular formula is C85H166N12O20S. The van der Waals surface area contributed by atoms with E-state index >= 15 is 0 Å². The summed E-state index contributed by atoms with van der Waals surface area (Å²) in [5.74, 6) is -1.70. The summed E-state index contributed by atoms with van der Waals surface area (Å²) in [6.45, 7) is 84.9. The molecule has 0 spiro atoms. The first-order chi connectivity index (χ1) is 54.3.